The number of nitrogens with zero attached hydrogens (tertiary/aromatic N) is 3. The number of rotatable bonds is 5. The molecule has 0 aliphatic heterocycles. The number of pyridine rings is 1. The van der Waals surface area contributed by atoms with Crippen molar-refractivity contribution in [2.75, 3.05) is 5.32 Å². The summed E-state index contributed by atoms with van der Waals surface area (Å²) in [4.78, 5) is 16.7. The van der Waals surface area contributed by atoms with Crippen LogP contribution in [0.15, 0.2) is 47.1 Å². The quantitative estimate of drug-likeness (QED) is 0.470. The average molecular weight is 418 g/mol. The van der Waals surface area contributed by atoms with Gasteiger partial charge in [0.25, 0.3) is 6.43 Å². The molecular weight excluding hydrogens is 404 g/mol. The van der Waals surface area contributed by atoms with Crippen molar-refractivity contribution >= 4 is 22.6 Å². The van der Waals surface area contributed by atoms with Crippen LogP contribution in [-0.2, 0) is 11.3 Å². The number of nitrogens with one attached hydrogen (secondary N) is 1. The van der Waals surface area contributed by atoms with Crippen LogP contribution in [0.5, 0.6) is 0 Å². The molecule has 0 unspecified atom stereocenters. The number of carbonyl (C=O) groups excluding carboxylic acids is 1. The zero-order valence-electron chi connectivity index (χ0n) is 15.5. The predicted octanol–water partition coefficient (Wildman–Crippen LogP) is 4.85. The number of hydrogen-bond acceptors (Lipinski definition) is 4. The Bertz CT molecular complexity index is 1240. The number of benzene rings is 1. The molecule has 0 aliphatic carbocycles. The lowest BCUT2D eigenvalue weighted by Gasteiger charge is -2.09. The molecule has 0 saturated carbocycles. The third kappa shape index (κ3) is 3.63. The number of aryl methyl sites for hydroxylation is 1. The molecule has 30 heavy (non-hydrogen) atoms. The topological polar surface area (TPSA) is 73.0 Å². The van der Waals surface area contributed by atoms with Gasteiger partial charge in [-0.25, -0.2) is 27.2 Å². The van der Waals surface area contributed by atoms with E-state index in [1.165, 1.54) is 19.3 Å². The molecule has 1 aromatic carbocycles. The van der Waals surface area contributed by atoms with Crippen molar-refractivity contribution in [2.24, 2.45) is 0 Å². The van der Waals surface area contributed by atoms with Crippen LogP contribution in [0.2, 0.25) is 0 Å². The largest absolute Gasteiger partial charge is 0.463 e. The normalized spacial score (nSPS) is 11.4. The molecule has 4 aromatic rings. The van der Waals surface area contributed by atoms with Gasteiger partial charge in [-0.05, 0) is 37.3 Å². The van der Waals surface area contributed by atoms with Gasteiger partial charge in [0.1, 0.15) is 23.9 Å². The maximum atomic E-state index is 13.8. The number of alkyl halides is 2. The van der Waals surface area contributed by atoms with Crippen molar-refractivity contribution < 1.29 is 26.8 Å². The molecule has 0 radical (unpaired) electrons. The molecule has 0 saturated heterocycles. The molecular formula is C20H14F4N4O2. The van der Waals surface area contributed by atoms with Gasteiger partial charge in [-0.15, -0.1) is 0 Å². The summed E-state index contributed by atoms with van der Waals surface area (Å²) in [6.45, 7) is 1.11. The Kier molecular flexibility index (Phi) is 4.98. The predicted molar refractivity (Wildman–Crippen MR) is 99.9 cm³/mol. The molecule has 6 nitrogen and oxygen atoms in total. The molecule has 0 aliphatic rings. The van der Waals surface area contributed by atoms with Crippen LogP contribution in [0.1, 0.15) is 17.7 Å². The molecule has 0 atom stereocenters. The summed E-state index contributed by atoms with van der Waals surface area (Å²) in [6, 6.07) is 7.10. The zero-order valence-corrected chi connectivity index (χ0v) is 15.5. The van der Waals surface area contributed by atoms with Crippen molar-refractivity contribution in [3.8, 4) is 11.5 Å². The fourth-order valence-electron chi connectivity index (χ4n) is 3.14. The minimum absolute atomic E-state index is 0.0615. The van der Waals surface area contributed by atoms with Crippen molar-refractivity contribution in [1.29, 1.82) is 0 Å². The monoisotopic (exact) mass is 418 g/mol. The van der Waals surface area contributed by atoms with Gasteiger partial charge in [0.15, 0.2) is 11.4 Å². The first-order chi connectivity index (χ1) is 14.3. The third-order valence-corrected chi connectivity index (χ3v) is 4.42. The first-order valence-corrected chi connectivity index (χ1v) is 8.78. The molecule has 0 bridgehead atoms. The second kappa shape index (κ2) is 7.62. The van der Waals surface area contributed by atoms with E-state index in [9.17, 15) is 22.4 Å². The Labute approximate surface area is 167 Å². The minimum Gasteiger partial charge on any atom is -0.463 e. The average Bonchev–Trinajstić information content (AvgIpc) is 3.32. The van der Waals surface area contributed by atoms with Crippen LogP contribution in [-0.4, -0.2) is 20.7 Å². The molecule has 10 heteroatoms. The highest BCUT2D eigenvalue weighted by molar-refractivity contribution is 5.92. The van der Waals surface area contributed by atoms with Gasteiger partial charge in [0.2, 0.25) is 5.91 Å². The number of furan rings is 1. The number of halogens is 4. The Hall–Kier alpha value is -3.69. The number of hydrogen-bond donors (Lipinski definition) is 1. The summed E-state index contributed by atoms with van der Waals surface area (Å²) in [5, 5.41) is 6.58. The van der Waals surface area contributed by atoms with Crippen LogP contribution in [0.3, 0.4) is 0 Å². The fraction of sp³-hybridized carbons (Fsp3) is 0.150. The van der Waals surface area contributed by atoms with E-state index in [-0.39, 0.29) is 39.4 Å². The second-order valence-electron chi connectivity index (χ2n) is 6.49. The van der Waals surface area contributed by atoms with E-state index < -0.39 is 30.5 Å². The van der Waals surface area contributed by atoms with E-state index in [1.54, 1.807) is 12.1 Å². The van der Waals surface area contributed by atoms with Gasteiger partial charge in [-0.3, -0.25) is 4.79 Å². The summed E-state index contributed by atoms with van der Waals surface area (Å²) in [5.41, 5.74) is -0.0212. The Morgan fingerprint density at radius 1 is 1.23 bits per heavy atom. The summed E-state index contributed by atoms with van der Waals surface area (Å²) in [5.74, 6) is -2.13. The zero-order chi connectivity index (χ0) is 21.4. The van der Waals surface area contributed by atoms with Crippen molar-refractivity contribution in [2.45, 2.75) is 19.9 Å². The Morgan fingerprint density at radius 3 is 2.70 bits per heavy atom. The van der Waals surface area contributed by atoms with E-state index in [2.05, 4.69) is 15.4 Å². The molecule has 4 rings (SSSR count). The molecule has 154 valence electrons. The van der Waals surface area contributed by atoms with E-state index in [4.69, 9.17) is 4.42 Å². The maximum absolute atomic E-state index is 13.8. The smallest absolute Gasteiger partial charge is 0.264 e. The van der Waals surface area contributed by atoms with Crippen LogP contribution in [0.4, 0.5) is 23.2 Å². The minimum atomic E-state index is -2.80. The lowest BCUT2D eigenvalue weighted by molar-refractivity contribution is -0.116. The number of amides is 1. The van der Waals surface area contributed by atoms with Gasteiger partial charge in [-0.2, -0.15) is 5.10 Å². The highest BCUT2D eigenvalue weighted by Gasteiger charge is 2.22. The molecule has 3 heterocycles. The number of fused-ring (bicyclic) bond motifs is 1. The summed E-state index contributed by atoms with van der Waals surface area (Å²) >= 11 is 0. The van der Waals surface area contributed by atoms with Crippen molar-refractivity contribution in [1.82, 2.24) is 14.8 Å². The number of aromatic nitrogens is 3. The van der Waals surface area contributed by atoms with E-state index >= 15 is 0 Å². The SMILES string of the molecule is Cc1nn(CC(=O)Nc2ccc(F)cc2F)c2nc(-c3ccco3)cc(C(F)F)c12. The standard InChI is InChI=1S/C20H14F4N4O2/c1-10-18-12(19(23)24)8-15(16-3-2-6-30-16)26-20(18)28(27-10)9-17(29)25-14-5-4-11(21)7-13(14)22/h2-8,19H,9H2,1H3,(H,25,29). The van der Waals surface area contributed by atoms with Gasteiger partial charge in [0.05, 0.1) is 23.0 Å². The summed E-state index contributed by atoms with van der Waals surface area (Å²) < 4.78 is 60.6. The molecule has 0 fully saturated rings. The van der Waals surface area contributed by atoms with Gasteiger partial charge in [-0.1, -0.05) is 0 Å². The van der Waals surface area contributed by atoms with Crippen LogP contribution in [0.25, 0.3) is 22.5 Å². The van der Waals surface area contributed by atoms with Crippen LogP contribution >= 0.6 is 0 Å². The van der Waals surface area contributed by atoms with E-state index in [0.29, 0.717) is 6.07 Å². The molecule has 1 N–H and O–H groups in total. The van der Waals surface area contributed by atoms with Crippen LogP contribution < -0.4 is 5.32 Å². The van der Waals surface area contributed by atoms with Gasteiger partial charge >= 0.3 is 0 Å². The Balaban J connectivity index is 1.72. The second-order valence-corrected chi connectivity index (χ2v) is 6.49. The highest BCUT2D eigenvalue weighted by atomic mass is 19.3. The summed E-state index contributed by atoms with van der Waals surface area (Å²) in [6.07, 6.45) is -1.42. The lowest BCUT2D eigenvalue weighted by Crippen LogP contribution is -2.20. The Morgan fingerprint density at radius 2 is 2.03 bits per heavy atom. The van der Waals surface area contributed by atoms with Crippen molar-refractivity contribution in [3.05, 3.63) is 65.6 Å². The number of carbonyl (C=O) groups is 1. The highest BCUT2D eigenvalue weighted by Crippen LogP contribution is 2.33. The fourth-order valence-corrected chi connectivity index (χ4v) is 3.14. The number of anilines is 1. The maximum Gasteiger partial charge on any atom is 0.264 e. The van der Waals surface area contributed by atoms with Crippen LogP contribution in [0, 0.1) is 18.6 Å². The third-order valence-electron chi connectivity index (χ3n) is 4.42. The first kappa shape index (κ1) is 19.6. The summed E-state index contributed by atoms with van der Waals surface area (Å²) in [7, 11) is 0. The molecule has 0 spiro atoms. The van der Waals surface area contributed by atoms with Gasteiger partial charge in [0, 0.05) is 11.6 Å². The van der Waals surface area contributed by atoms with Gasteiger partial charge < -0.3 is 9.73 Å². The van der Waals surface area contributed by atoms with E-state index in [1.807, 2.05) is 0 Å². The molecule has 3 aromatic heterocycles. The van der Waals surface area contributed by atoms with Crippen molar-refractivity contribution in [3.63, 3.8) is 0 Å². The van der Waals surface area contributed by atoms with E-state index in [0.717, 1.165) is 16.8 Å². The molecule has 1 amide bonds. The first-order valence-electron chi connectivity index (χ1n) is 8.78. The lowest BCUT2D eigenvalue weighted by atomic mass is 10.1.